The molecule has 0 atom stereocenters. The summed E-state index contributed by atoms with van der Waals surface area (Å²) in [4.78, 5) is 3.94. The molecule has 2 rings (SSSR count). The fourth-order valence-electron chi connectivity index (χ4n) is 1.34. The van der Waals surface area contributed by atoms with Crippen LogP contribution in [-0.2, 0) is 6.42 Å². The highest BCUT2D eigenvalue weighted by atomic mass is 16.5. The normalized spacial score (nSPS) is 16.3. The summed E-state index contributed by atoms with van der Waals surface area (Å²) in [6.45, 7) is 2.08. The van der Waals surface area contributed by atoms with Gasteiger partial charge in [-0.3, -0.25) is 0 Å². The highest BCUT2D eigenvalue weighted by Gasteiger charge is 2.19. The molecular formula is C9H15N3O. The molecule has 1 saturated carbocycles. The second kappa shape index (κ2) is 4.37. The second-order valence-electron chi connectivity index (χ2n) is 3.58. The van der Waals surface area contributed by atoms with E-state index < -0.39 is 0 Å². The third-order valence-corrected chi connectivity index (χ3v) is 2.36. The van der Waals surface area contributed by atoms with Gasteiger partial charge in [-0.05, 0) is 18.9 Å². The van der Waals surface area contributed by atoms with E-state index in [1.807, 2.05) is 0 Å². The largest absolute Gasteiger partial charge is 0.343 e. The first-order valence-electron chi connectivity index (χ1n) is 4.91. The molecule has 1 fully saturated rings. The van der Waals surface area contributed by atoms with E-state index >= 15 is 0 Å². The number of hydrogen-bond donors (Lipinski definition) is 1. The summed E-state index contributed by atoms with van der Waals surface area (Å²) in [6, 6.07) is 0. The molecule has 0 unspecified atom stereocenters. The molecule has 1 N–H and O–H groups in total. The summed E-state index contributed by atoms with van der Waals surface area (Å²) in [6.07, 6.45) is 6.44. The molecule has 0 spiro atoms. The lowest BCUT2D eigenvalue weighted by Gasteiger charge is -2.00. The lowest BCUT2D eigenvalue weighted by atomic mass is 10.3. The Balaban J connectivity index is 1.48. The number of rotatable bonds is 6. The van der Waals surface area contributed by atoms with Crippen LogP contribution in [0.3, 0.4) is 0 Å². The molecule has 13 heavy (non-hydrogen) atoms. The average Bonchev–Trinajstić information content (AvgIpc) is 2.81. The van der Waals surface area contributed by atoms with Crippen LogP contribution >= 0.6 is 0 Å². The van der Waals surface area contributed by atoms with Crippen molar-refractivity contribution in [1.29, 1.82) is 0 Å². The zero-order valence-corrected chi connectivity index (χ0v) is 7.70. The van der Waals surface area contributed by atoms with Gasteiger partial charge in [-0.25, -0.2) is 0 Å². The summed E-state index contributed by atoms with van der Waals surface area (Å²) in [5, 5.41) is 7.11. The molecule has 1 heterocycles. The van der Waals surface area contributed by atoms with Crippen LogP contribution in [0.25, 0.3) is 0 Å². The minimum Gasteiger partial charge on any atom is -0.343 e. The van der Waals surface area contributed by atoms with Crippen molar-refractivity contribution in [2.45, 2.75) is 25.7 Å². The Morgan fingerprint density at radius 3 is 3.08 bits per heavy atom. The summed E-state index contributed by atoms with van der Waals surface area (Å²) >= 11 is 0. The molecule has 1 aromatic rings. The van der Waals surface area contributed by atoms with E-state index in [0.29, 0.717) is 0 Å². The van der Waals surface area contributed by atoms with E-state index in [9.17, 15) is 0 Å². The van der Waals surface area contributed by atoms with Crippen LogP contribution in [0.1, 0.15) is 25.1 Å². The van der Waals surface area contributed by atoms with Crippen molar-refractivity contribution in [3.8, 4) is 0 Å². The first-order chi connectivity index (χ1) is 6.45. The minimum atomic E-state index is 0.791. The maximum Gasteiger partial charge on any atom is 0.213 e. The van der Waals surface area contributed by atoms with Crippen molar-refractivity contribution in [2.75, 3.05) is 13.1 Å². The molecule has 0 aliphatic heterocycles. The monoisotopic (exact) mass is 181 g/mol. The lowest BCUT2D eigenvalue weighted by molar-refractivity contribution is 0.409. The van der Waals surface area contributed by atoms with E-state index in [0.717, 1.165) is 31.3 Å². The van der Waals surface area contributed by atoms with Crippen molar-refractivity contribution in [2.24, 2.45) is 5.92 Å². The molecule has 4 nitrogen and oxygen atoms in total. The smallest absolute Gasteiger partial charge is 0.213 e. The Hall–Kier alpha value is -0.900. The van der Waals surface area contributed by atoms with Gasteiger partial charge < -0.3 is 9.84 Å². The molecule has 0 amide bonds. The zero-order chi connectivity index (χ0) is 8.93. The highest BCUT2D eigenvalue weighted by Crippen LogP contribution is 2.31. The van der Waals surface area contributed by atoms with Crippen molar-refractivity contribution >= 4 is 0 Å². The second-order valence-corrected chi connectivity index (χ2v) is 3.58. The molecule has 72 valence electrons. The third kappa shape index (κ3) is 3.14. The van der Waals surface area contributed by atoms with Gasteiger partial charge in [0.15, 0.2) is 5.82 Å². The van der Waals surface area contributed by atoms with E-state index in [-0.39, 0.29) is 0 Å². The van der Waals surface area contributed by atoms with Crippen molar-refractivity contribution in [1.82, 2.24) is 15.5 Å². The van der Waals surface area contributed by atoms with Crippen LogP contribution in [0.5, 0.6) is 0 Å². The number of aromatic nitrogens is 2. The molecular weight excluding hydrogens is 166 g/mol. The quantitative estimate of drug-likeness (QED) is 0.665. The molecule has 1 aliphatic carbocycles. The van der Waals surface area contributed by atoms with Crippen LogP contribution in [0, 0.1) is 5.92 Å². The Kier molecular flexibility index (Phi) is 2.92. The fraction of sp³-hybridized carbons (Fsp3) is 0.778. The maximum atomic E-state index is 4.63. The van der Waals surface area contributed by atoms with Gasteiger partial charge in [0.25, 0.3) is 0 Å². The Bertz CT molecular complexity index is 231. The molecule has 1 aliphatic rings. The molecule has 0 bridgehead atoms. The van der Waals surface area contributed by atoms with Crippen molar-refractivity contribution < 1.29 is 4.52 Å². The third-order valence-electron chi connectivity index (χ3n) is 2.36. The Labute approximate surface area is 77.7 Å². The molecule has 0 saturated heterocycles. The maximum absolute atomic E-state index is 4.63. The summed E-state index contributed by atoms with van der Waals surface area (Å²) in [7, 11) is 0. The van der Waals surface area contributed by atoms with Gasteiger partial charge in [0.05, 0.1) is 0 Å². The fourth-order valence-corrected chi connectivity index (χ4v) is 1.34. The molecule has 1 aromatic heterocycles. The predicted octanol–water partition coefficient (Wildman–Crippen LogP) is 1.00. The van der Waals surface area contributed by atoms with Gasteiger partial charge in [-0.2, -0.15) is 4.98 Å². The van der Waals surface area contributed by atoms with Crippen molar-refractivity contribution in [3.05, 3.63) is 12.2 Å². The topological polar surface area (TPSA) is 51.0 Å². The van der Waals surface area contributed by atoms with Gasteiger partial charge in [-0.15, -0.1) is 0 Å². The van der Waals surface area contributed by atoms with Crippen LogP contribution in [-0.4, -0.2) is 23.2 Å². The predicted molar refractivity (Wildman–Crippen MR) is 48.2 cm³/mol. The van der Waals surface area contributed by atoms with Crippen molar-refractivity contribution in [3.63, 3.8) is 0 Å². The number of nitrogens with one attached hydrogen (secondary N) is 1. The van der Waals surface area contributed by atoms with Gasteiger partial charge in [0, 0.05) is 13.0 Å². The highest BCUT2D eigenvalue weighted by molar-refractivity contribution is 4.79. The van der Waals surface area contributed by atoms with E-state index in [1.54, 1.807) is 0 Å². The van der Waals surface area contributed by atoms with Gasteiger partial charge in [0.1, 0.15) is 0 Å². The first kappa shape index (κ1) is 8.69. The average molecular weight is 181 g/mol. The van der Waals surface area contributed by atoms with E-state index in [2.05, 4.69) is 20.0 Å². The molecule has 0 aromatic carbocycles. The van der Waals surface area contributed by atoms with Gasteiger partial charge >= 0.3 is 0 Å². The van der Waals surface area contributed by atoms with Crippen LogP contribution in [0.4, 0.5) is 0 Å². The van der Waals surface area contributed by atoms with Crippen LogP contribution in [0.15, 0.2) is 10.9 Å². The lowest BCUT2D eigenvalue weighted by Crippen LogP contribution is -2.19. The number of hydrogen-bond acceptors (Lipinski definition) is 4. The SMILES string of the molecule is c1nc(CCNCCC2CC2)no1. The van der Waals surface area contributed by atoms with Gasteiger partial charge in [-0.1, -0.05) is 18.0 Å². The Morgan fingerprint density at radius 2 is 2.38 bits per heavy atom. The van der Waals surface area contributed by atoms with Crippen LogP contribution in [0.2, 0.25) is 0 Å². The Morgan fingerprint density at radius 1 is 1.46 bits per heavy atom. The summed E-state index contributed by atoms with van der Waals surface area (Å²) < 4.78 is 4.63. The summed E-state index contributed by atoms with van der Waals surface area (Å²) in [5.41, 5.74) is 0. The zero-order valence-electron chi connectivity index (χ0n) is 7.70. The standard InChI is InChI=1S/C9H15N3O/c1-2-8(1)3-5-10-6-4-9-11-7-13-12-9/h7-8,10H,1-6H2. The van der Waals surface area contributed by atoms with Gasteiger partial charge in [0.2, 0.25) is 6.39 Å². The van der Waals surface area contributed by atoms with E-state index in [1.165, 1.54) is 25.7 Å². The molecule has 4 heteroatoms. The number of nitrogens with zero attached hydrogens (tertiary/aromatic N) is 2. The summed E-state index contributed by atoms with van der Waals surface area (Å²) in [5.74, 6) is 1.80. The minimum absolute atomic E-state index is 0.791. The first-order valence-corrected chi connectivity index (χ1v) is 4.91. The molecule has 0 radical (unpaired) electrons. The van der Waals surface area contributed by atoms with E-state index in [4.69, 9.17) is 0 Å². The van der Waals surface area contributed by atoms with Crippen LogP contribution < -0.4 is 5.32 Å².